The van der Waals surface area contributed by atoms with Gasteiger partial charge >= 0.3 is 0 Å². The van der Waals surface area contributed by atoms with Gasteiger partial charge in [0.2, 0.25) is 0 Å². The molecule has 1 saturated heterocycles. The molecule has 0 unspecified atom stereocenters. The first kappa shape index (κ1) is 15.3. The summed E-state index contributed by atoms with van der Waals surface area (Å²) in [6, 6.07) is 5.52. The Labute approximate surface area is 126 Å². The maximum atomic E-state index is 12.0. The van der Waals surface area contributed by atoms with Crippen LogP contribution in [0.3, 0.4) is 0 Å². The molecule has 1 aliphatic heterocycles. The third kappa shape index (κ3) is 4.50. The smallest absolute Gasteiger partial charge is 0.252 e. The first-order valence-electron chi connectivity index (χ1n) is 7.43. The molecule has 1 N–H and O–H groups in total. The Hall–Kier alpha value is -1.06. The van der Waals surface area contributed by atoms with E-state index in [0.29, 0.717) is 17.1 Å². The van der Waals surface area contributed by atoms with Crippen LogP contribution in [0.2, 0.25) is 5.02 Å². The third-order valence-electron chi connectivity index (χ3n) is 3.75. The minimum atomic E-state index is -0.0753. The monoisotopic (exact) mass is 294 g/mol. The summed E-state index contributed by atoms with van der Waals surface area (Å²) in [5.74, 6) is -0.0753. The van der Waals surface area contributed by atoms with Gasteiger partial charge in [-0.2, -0.15) is 0 Å². The summed E-state index contributed by atoms with van der Waals surface area (Å²) in [4.78, 5) is 14.5. The fourth-order valence-electron chi connectivity index (χ4n) is 2.59. The van der Waals surface area contributed by atoms with E-state index >= 15 is 0 Å². The average molecular weight is 295 g/mol. The number of halogens is 1. The molecular weight excluding hydrogens is 272 g/mol. The zero-order valence-electron chi connectivity index (χ0n) is 12.1. The number of nitrogens with zero attached hydrogens (tertiary/aromatic N) is 1. The van der Waals surface area contributed by atoms with Gasteiger partial charge in [0.1, 0.15) is 0 Å². The van der Waals surface area contributed by atoms with E-state index in [1.807, 2.05) is 19.1 Å². The number of hydrogen-bond donors (Lipinski definition) is 1. The fraction of sp³-hybridized carbons (Fsp3) is 0.562. The van der Waals surface area contributed by atoms with Crippen molar-refractivity contribution in [3.05, 3.63) is 34.3 Å². The largest absolute Gasteiger partial charge is 0.352 e. The molecule has 20 heavy (non-hydrogen) atoms. The van der Waals surface area contributed by atoms with Crippen molar-refractivity contribution in [3.63, 3.8) is 0 Å². The average Bonchev–Trinajstić information content (AvgIpc) is 2.44. The molecule has 0 aromatic heterocycles. The second-order valence-electron chi connectivity index (χ2n) is 5.50. The van der Waals surface area contributed by atoms with Gasteiger partial charge in [0.15, 0.2) is 0 Å². The van der Waals surface area contributed by atoms with Crippen molar-refractivity contribution in [1.82, 2.24) is 10.2 Å². The molecule has 0 saturated carbocycles. The van der Waals surface area contributed by atoms with Crippen LogP contribution in [-0.4, -0.2) is 37.0 Å². The molecule has 0 bridgehead atoms. The minimum Gasteiger partial charge on any atom is -0.352 e. The summed E-state index contributed by atoms with van der Waals surface area (Å²) < 4.78 is 0. The molecule has 110 valence electrons. The van der Waals surface area contributed by atoms with Crippen molar-refractivity contribution in [2.24, 2.45) is 0 Å². The molecule has 1 amide bonds. The molecule has 0 spiro atoms. The lowest BCUT2D eigenvalue weighted by Crippen LogP contribution is -2.33. The van der Waals surface area contributed by atoms with E-state index in [9.17, 15) is 4.79 Å². The maximum absolute atomic E-state index is 12.0. The van der Waals surface area contributed by atoms with E-state index in [2.05, 4.69) is 10.2 Å². The summed E-state index contributed by atoms with van der Waals surface area (Å²) in [6.45, 7) is 6.16. The Morgan fingerprint density at radius 1 is 1.30 bits per heavy atom. The highest BCUT2D eigenvalue weighted by atomic mass is 35.5. The lowest BCUT2D eigenvalue weighted by Gasteiger charge is -2.26. The van der Waals surface area contributed by atoms with Gasteiger partial charge in [0.05, 0.1) is 10.6 Å². The molecule has 0 radical (unpaired) electrons. The third-order valence-corrected chi connectivity index (χ3v) is 4.07. The molecule has 1 fully saturated rings. The second-order valence-corrected chi connectivity index (χ2v) is 5.90. The van der Waals surface area contributed by atoms with Crippen LogP contribution in [0.25, 0.3) is 0 Å². The SMILES string of the molecule is Cc1ccc(C(=O)NCCCN2CCCCC2)c(Cl)c1. The second kappa shape index (κ2) is 7.65. The number of likely N-dealkylation sites (tertiary alicyclic amines) is 1. The van der Waals surface area contributed by atoms with Crippen LogP contribution >= 0.6 is 11.6 Å². The Kier molecular flexibility index (Phi) is 5.86. The van der Waals surface area contributed by atoms with E-state index in [-0.39, 0.29) is 5.91 Å². The van der Waals surface area contributed by atoms with Gasteiger partial charge in [0.25, 0.3) is 5.91 Å². The Bertz CT molecular complexity index is 456. The highest BCUT2D eigenvalue weighted by Crippen LogP contribution is 2.17. The highest BCUT2D eigenvalue weighted by Gasteiger charge is 2.11. The quantitative estimate of drug-likeness (QED) is 0.846. The van der Waals surface area contributed by atoms with Gasteiger partial charge in [0, 0.05) is 6.54 Å². The number of benzene rings is 1. The predicted molar refractivity (Wildman–Crippen MR) is 83.4 cm³/mol. The van der Waals surface area contributed by atoms with E-state index in [1.165, 1.54) is 32.4 Å². The number of hydrogen-bond acceptors (Lipinski definition) is 2. The van der Waals surface area contributed by atoms with Gasteiger partial charge < -0.3 is 10.2 Å². The molecule has 3 nitrogen and oxygen atoms in total. The van der Waals surface area contributed by atoms with Crippen LogP contribution < -0.4 is 5.32 Å². The Balaban J connectivity index is 1.72. The van der Waals surface area contributed by atoms with Crippen molar-refractivity contribution in [2.75, 3.05) is 26.2 Å². The standard InChI is InChI=1S/C16H23ClN2O/c1-13-6-7-14(15(17)12-13)16(20)18-8-5-11-19-9-3-2-4-10-19/h6-7,12H,2-5,8-11H2,1H3,(H,18,20). The van der Waals surface area contributed by atoms with E-state index in [1.54, 1.807) is 6.07 Å². The van der Waals surface area contributed by atoms with Gasteiger partial charge in [-0.15, -0.1) is 0 Å². The van der Waals surface area contributed by atoms with Crippen LogP contribution in [0.5, 0.6) is 0 Å². The molecule has 4 heteroatoms. The summed E-state index contributed by atoms with van der Waals surface area (Å²) in [5.41, 5.74) is 1.63. The van der Waals surface area contributed by atoms with Crippen molar-refractivity contribution in [3.8, 4) is 0 Å². The number of carbonyl (C=O) groups is 1. The zero-order chi connectivity index (χ0) is 14.4. The first-order chi connectivity index (χ1) is 9.66. The van der Waals surface area contributed by atoms with Crippen LogP contribution in [0.1, 0.15) is 41.6 Å². The van der Waals surface area contributed by atoms with Crippen LogP contribution in [-0.2, 0) is 0 Å². The number of aryl methyl sites for hydroxylation is 1. The minimum absolute atomic E-state index is 0.0753. The van der Waals surface area contributed by atoms with E-state index in [4.69, 9.17) is 11.6 Å². The van der Waals surface area contributed by atoms with Crippen LogP contribution in [0.4, 0.5) is 0 Å². The Morgan fingerprint density at radius 3 is 2.75 bits per heavy atom. The molecule has 1 aromatic rings. The number of carbonyl (C=O) groups excluding carboxylic acids is 1. The van der Waals surface area contributed by atoms with Crippen molar-refractivity contribution in [1.29, 1.82) is 0 Å². The van der Waals surface area contributed by atoms with Gasteiger partial charge in [-0.25, -0.2) is 0 Å². The zero-order valence-corrected chi connectivity index (χ0v) is 12.9. The predicted octanol–water partition coefficient (Wildman–Crippen LogP) is 3.25. The van der Waals surface area contributed by atoms with Crippen molar-refractivity contribution >= 4 is 17.5 Å². The summed E-state index contributed by atoms with van der Waals surface area (Å²) >= 11 is 6.09. The maximum Gasteiger partial charge on any atom is 0.252 e. The van der Waals surface area contributed by atoms with Gasteiger partial charge in [-0.05, 0) is 63.5 Å². The van der Waals surface area contributed by atoms with E-state index < -0.39 is 0 Å². The number of rotatable bonds is 5. The van der Waals surface area contributed by atoms with Gasteiger partial charge in [-0.3, -0.25) is 4.79 Å². The highest BCUT2D eigenvalue weighted by molar-refractivity contribution is 6.33. The lowest BCUT2D eigenvalue weighted by molar-refractivity contribution is 0.0951. The number of nitrogens with one attached hydrogen (secondary N) is 1. The Morgan fingerprint density at radius 2 is 2.05 bits per heavy atom. The van der Waals surface area contributed by atoms with Gasteiger partial charge in [-0.1, -0.05) is 24.1 Å². The molecule has 1 aromatic carbocycles. The van der Waals surface area contributed by atoms with Crippen LogP contribution in [0, 0.1) is 6.92 Å². The number of piperidine rings is 1. The van der Waals surface area contributed by atoms with E-state index in [0.717, 1.165) is 18.5 Å². The van der Waals surface area contributed by atoms with Crippen molar-refractivity contribution in [2.45, 2.75) is 32.6 Å². The molecular formula is C16H23ClN2O. The van der Waals surface area contributed by atoms with Crippen molar-refractivity contribution < 1.29 is 4.79 Å². The fourth-order valence-corrected chi connectivity index (χ4v) is 2.91. The lowest BCUT2D eigenvalue weighted by atomic mass is 10.1. The van der Waals surface area contributed by atoms with Crippen LogP contribution in [0.15, 0.2) is 18.2 Å². The summed E-state index contributed by atoms with van der Waals surface area (Å²) in [6.07, 6.45) is 4.98. The molecule has 1 heterocycles. The first-order valence-corrected chi connectivity index (χ1v) is 7.81. The number of amides is 1. The normalized spacial score (nSPS) is 16.1. The molecule has 2 rings (SSSR count). The topological polar surface area (TPSA) is 32.3 Å². The summed E-state index contributed by atoms with van der Waals surface area (Å²) in [7, 11) is 0. The summed E-state index contributed by atoms with van der Waals surface area (Å²) in [5, 5.41) is 3.48. The molecule has 0 aliphatic carbocycles. The molecule has 0 atom stereocenters. The molecule has 1 aliphatic rings.